The predicted octanol–water partition coefficient (Wildman–Crippen LogP) is 2.69. The van der Waals surface area contributed by atoms with Crippen molar-refractivity contribution in [3.05, 3.63) is 47.7 Å². The van der Waals surface area contributed by atoms with Gasteiger partial charge >= 0.3 is 0 Å². The monoisotopic (exact) mass is 228 g/mol. The minimum atomic E-state index is -0.394. The second-order valence-corrected chi connectivity index (χ2v) is 4.14. The zero-order chi connectivity index (χ0) is 11.8. The van der Waals surface area contributed by atoms with Crippen LogP contribution in [0.3, 0.4) is 0 Å². The van der Waals surface area contributed by atoms with E-state index >= 15 is 0 Å². The van der Waals surface area contributed by atoms with Crippen LogP contribution < -0.4 is 10.6 Å². The van der Waals surface area contributed by atoms with Crippen molar-refractivity contribution in [1.82, 2.24) is 0 Å². The molecule has 0 saturated heterocycles. The van der Waals surface area contributed by atoms with Crippen molar-refractivity contribution in [2.75, 3.05) is 10.6 Å². The molecule has 2 heterocycles. The van der Waals surface area contributed by atoms with Crippen LogP contribution in [0.5, 0.6) is 0 Å². The van der Waals surface area contributed by atoms with Crippen molar-refractivity contribution in [3.8, 4) is 0 Å². The Labute approximate surface area is 98.6 Å². The standard InChI is InChI=1S/C13H12N2O2/c1-8-2-4-9(5-3-8)11-12(16)14-10-6-7-17-13(10)15-11/h2-7,11,15H,1H3,(H,14,16). The molecule has 17 heavy (non-hydrogen) atoms. The summed E-state index contributed by atoms with van der Waals surface area (Å²) < 4.78 is 5.25. The van der Waals surface area contributed by atoms with Crippen LogP contribution in [-0.2, 0) is 4.79 Å². The summed E-state index contributed by atoms with van der Waals surface area (Å²) in [5.41, 5.74) is 2.79. The fourth-order valence-electron chi connectivity index (χ4n) is 1.91. The van der Waals surface area contributed by atoms with Gasteiger partial charge in [0.05, 0.1) is 6.26 Å². The second-order valence-electron chi connectivity index (χ2n) is 4.14. The first-order valence-corrected chi connectivity index (χ1v) is 5.45. The summed E-state index contributed by atoms with van der Waals surface area (Å²) in [5, 5.41) is 5.89. The van der Waals surface area contributed by atoms with Gasteiger partial charge in [-0.3, -0.25) is 4.79 Å². The number of hydrogen-bond acceptors (Lipinski definition) is 3. The topological polar surface area (TPSA) is 54.3 Å². The minimum absolute atomic E-state index is 0.0669. The molecule has 1 amide bonds. The van der Waals surface area contributed by atoms with E-state index in [1.165, 1.54) is 5.56 Å². The Morgan fingerprint density at radius 3 is 2.71 bits per heavy atom. The number of anilines is 2. The van der Waals surface area contributed by atoms with Crippen LogP contribution in [0, 0.1) is 6.92 Å². The molecule has 0 bridgehead atoms. The van der Waals surface area contributed by atoms with Crippen LogP contribution in [0.2, 0.25) is 0 Å². The first kappa shape index (κ1) is 9.96. The van der Waals surface area contributed by atoms with Gasteiger partial charge < -0.3 is 15.1 Å². The molecular formula is C13H12N2O2. The Morgan fingerprint density at radius 2 is 1.94 bits per heavy atom. The number of carbonyl (C=O) groups excluding carboxylic acids is 1. The number of hydrogen-bond donors (Lipinski definition) is 2. The number of nitrogens with one attached hydrogen (secondary N) is 2. The molecule has 1 atom stereocenters. The highest BCUT2D eigenvalue weighted by Crippen LogP contribution is 2.32. The fourth-order valence-corrected chi connectivity index (χ4v) is 1.91. The smallest absolute Gasteiger partial charge is 0.251 e. The van der Waals surface area contributed by atoms with E-state index in [1.807, 2.05) is 31.2 Å². The summed E-state index contributed by atoms with van der Waals surface area (Å²) >= 11 is 0. The normalized spacial score (nSPS) is 18.2. The van der Waals surface area contributed by atoms with Crippen molar-refractivity contribution in [2.24, 2.45) is 0 Å². The molecule has 0 saturated carbocycles. The molecule has 0 radical (unpaired) electrons. The number of benzene rings is 1. The van der Waals surface area contributed by atoms with E-state index in [2.05, 4.69) is 10.6 Å². The van der Waals surface area contributed by atoms with Gasteiger partial charge in [0.15, 0.2) is 0 Å². The van der Waals surface area contributed by atoms with Crippen molar-refractivity contribution in [3.63, 3.8) is 0 Å². The maximum atomic E-state index is 11.9. The number of carbonyl (C=O) groups is 1. The molecule has 0 aliphatic carbocycles. The third-order valence-corrected chi connectivity index (χ3v) is 2.87. The zero-order valence-electron chi connectivity index (χ0n) is 9.36. The van der Waals surface area contributed by atoms with Gasteiger partial charge in [-0.15, -0.1) is 0 Å². The minimum Gasteiger partial charge on any atom is -0.447 e. The van der Waals surface area contributed by atoms with Crippen LogP contribution in [0.4, 0.5) is 11.6 Å². The fraction of sp³-hybridized carbons (Fsp3) is 0.154. The van der Waals surface area contributed by atoms with Crippen molar-refractivity contribution < 1.29 is 9.21 Å². The maximum Gasteiger partial charge on any atom is 0.251 e. The summed E-state index contributed by atoms with van der Waals surface area (Å²) in [5.74, 6) is 0.540. The lowest BCUT2D eigenvalue weighted by Crippen LogP contribution is -2.31. The third-order valence-electron chi connectivity index (χ3n) is 2.87. The van der Waals surface area contributed by atoms with Gasteiger partial charge in [0, 0.05) is 6.07 Å². The molecule has 2 N–H and O–H groups in total. The van der Waals surface area contributed by atoms with E-state index in [0.29, 0.717) is 11.6 Å². The Bertz CT molecular complexity index is 557. The van der Waals surface area contributed by atoms with Crippen molar-refractivity contribution >= 4 is 17.5 Å². The Hall–Kier alpha value is -2.23. The molecule has 4 nitrogen and oxygen atoms in total. The highest BCUT2D eigenvalue weighted by molar-refractivity contribution is 6.02. The lowest BCUT2D eigenvalue weighted by molar-refractivity contribution is -0.117. The maximum absolute atomic E-state index is 11.9. The SMILES string of the molecule is Cc1ccc(C2Nc3occc3NC2=O)cc1. The number of amides is 1. The summed E-state index contributed by atoms with van der Waals surface area (Å²) in [6.07, 6.45) is 1.55. The molecule has 4 heteroatoms. The highest BCUT2D eigenvalue weighted by Gasteiger charge is 2.28. The van der Waals surface area contributed by atoms with Crippen LogP contribution >= 0.6 is 0 Å². The van der Waals surface area contributed by atoms with Crippen LogP contribution in [-0.4, -0.2) is 5.91 Å². The van der Waals surface area contributed by atoms with Crippen molar-refractivity contribution in [1.29, 1.82) is 0 Å². The zero-order valence-corrected chi connectivity index (χ0v) is 9.36. The average Bonchev–Trinajstić information content (AvgIpc) is 2.76. The lowest BCUT2D eigenvalue weighted by atomic mass is 10.0. The molecule has 1 unspecified atom stereocenters. The molecule has 2 aromatic rings. The number of aryl methyl sites for hydroxylation is 1. The molecule has 1 aromatic heterocycles. The van der Waals surface area contributed by atoms with Crippen LogP contribution in [0.25, 0.3) is 0 Å². The van der Waals surface area contributed by atoms with E-state index in [1.54, 1.807) is 12.3 Å². The number of rotatable bonds is 1. The Balaban J connectivity index is 1.95. The van der Waals surface area contributed by atoms with Crippen molar-refractivity contribution in [2.45, 2.75) is 13.0 Å². The van der Waals surface area contributed by atoms with E-state index < -0.39 is 6.04 Å². The average molecular weight is 228 g/mol. The first-order chi connectivity index (χ1) is 8.24. The summed E-state index contributed by atoms with van der Waals surface area (Å²) in [6.45, 7) is 2.02. The first-order valence-electron chi connectivity index (χ1n) is 5.45. The van der Waals surface area contributed by atoms with Gasteiger partial charge in [-0.05, 0) is 12.5 Å². The molecule has 1 aromatic carbocycles. The van der Waals surface area contributed by atoms with Gasteiger partial charge in [-0.25, -0.2) is 0 Å². The van der Waals surface area contributed by atoms with E-state index in [4.69, 9.17) is 4.42 Å². The van der Waals surface area contributed by atoms with Gasteiger partial charge in [0.25, 0.3) is 5.91 Å². The van der Waals surface area contributed by atoms with Gasteiger partial charge in [0.1, 0.15) is 11.7 Å². The summed E-state index contributed by atoms with van der Waals surface area (Å²) in [7, 11) is 0. The van der Waals surface area contributed by atoms with E-state index in [0.717, 1.165) is 5.56 Å². The highest BCUT2D eigenvalue weighted by atomic mass is 16.3. The van der Waals surface area contributed by atoms with Crippen LogP contribution in [0.1, 0.15) is 17.2 Å². The number of fused-ring (bicyclic) bond motifs is 1. The number of furan rings is 1. The van der Waals surface area contributed by atoms with Gasteiger partial charge in [0.2, 0.25) is 5.88 Å². The Morgan fingerprint density at radius 1 is 1.18 bits per heavy atom. The lowest BCUT2D eigenvalue weighted by Gasteiger charge is -2.23. The van der Waals surface area contributed by atoms with Crippen LogP contribution in [0.15, 0.2) is 41.0 Å². The molecule has 86 valence electrons. The van der Waals surface area contributed by atoms with E-state index in [-0.39, 0.29) is 5.91 Å². The van der Waals surface area contributed by atoms with E-state index in [9.17, 15) is 4.79 Å². The molecule has 3 rings (SSSR count). The van der Waals surface area contributed by atoms with Gasteiger partial charge in [-0.1, -0.05) is 29.8 Å². The molecular weight excluding hydrogens is 216 g/mol. The summed E-state index contributed by atoms with van der Waals surface area (Å²) in [6, 6.07) is 9.20. The quantitative estimate of drug-likeness (QED) is 0.789. The van der Waals surface area contributed by atoms with Gasteiger partial charge in [-0.2, -0.15) is 0 Å². The third kappa shape index (κ3) is 1.67. The summed E-state index contributed by atoms with van der Waals surface area (Å²) in [4.78, 5) is 11.9. The molecule has 1 aliphatic rings. The Kier molecular flexibility index (Phi) is 2.14. The second kappa shape index (κ2) is 3.66. The largest absolute Gasteiger partial charge is 0.447 e. The molecule has 0 fully saturated rings. The predicted molar refractivity (Wildman–Crippen MR) is 64.9 cm³/mol. The molecule has 1 aliphatic heterocycles. The molecule has 0 spiro atoms.